The summed E-state index contributed by atoms with van der Waals surface area (Å²) >= 11 is 0. The molecule has 3 rings (SSSR count). The molecule has 0 aromatic heterocycles. The van der Waals surface area contributed by atoms with Crippen molar-refractivity contribution < 1.29 is 31.3 Å². The zero-order valence-electron chi connectivity index (χ0n) is 12.5. The summed E-state index contributed by atoms with van der Waals surface area (Å²) in [6, 6.07) is 29.9. The number of hydrogen-bond acceptors (Lipinski definition) is 1. The summed E-state index contributed by atoms with van der Waals surface area (Å²) in [7, 11) is 0. The third-order valence-corrected chi connectivity index (χ3v) is 1.95. The van der Waals surface area contributed by atoms with Gasteiger partial charge < -0.3 is 5.11 Å². The van der Waals surface area contributed by atoms with Crippen LogP contribution in [-0.4, -0.2) is 6.61 Å². The van der Waals surface area contributed by atoms with Crippen molar-refractivity contribution in [3.8, 4) is 0 Å². The maximum absolute atomic E-state index is 8.93. The second kappa shape index (κ2) is 18.6. The summed E-state index contributed by atoms with van der Waals surface area (Å²) in [5.41, 5.74) is 1.07. The van der Waals surface area contributed by atoms with E-state index in [4.69, 9.17) is 5.11 Å². The third kappa shape index (κ3) is 18.6. The second-order valence-corrected chi connectivity index (χ2v) is 3.70. The molecule has 0 atom stereocenters. The topological polar surface area (TPSA) is 23.1 Å². The van der Waals surface area contributed by atoms with Crippen molar-refractivity contribution in [2.75, 3.05) is 6.61 Å². The van der Waals surface area contributed by atoms with E-state index < -0.39 is 0 Å². The van der Waals surface area contributed by atoms with Gasteiger partial charge in [-0.15, -0.1) is 18.7 Å². The monoisotopic (exact) mass is 356 g/mol. The van der Waals surface area contributed by atoms with E-state index in [9.17, 15) is 0 Å². The zero-order chi connectivity index (χ0) is 14.9. The first-order valence-corrected chi connectivity index (χ1v) is 6.59. The summed E-state index contributed by atoms with van der Waals surface area (Å²) in [5, 5.41) is 8.93. The fourth-order valence-corrected chi connectivity index (χ4v) is 1.12. The molecule has 0 heterocycles. The minimum Gasteiger partial charge on any atom is -0.855 e. The normalized spacial score (nSPS) is 7.52. The molecular formula is C19H22OZr. The van der Waals surface area contributed by atoms with Crippen molar-refractivity contribution in [2.45, 2.75) is 6.92 Å². The molecule has 0 amide bonds. The fourth-order valence-electron chi connectivity index (χ4n) is 1.12. The molecule has 3 aromatic carbocycles. The Morgan fingerprint density at radius 3 is 1.29 bits per heavy atom. The van der Waals surface area contributed by atoms with E-state index in [0.717, 1.165) is 5.56 Å². The van der Waals surface area contributed by atoms with Crippen molar-refractivity contribution >= 4 is 0 Å². The summed E-state index contributed by atoms with van der Waals surface area (Å²) in [4.78, 5) is 0. The van der Waals surface area contributed by atoms with Crippen molar-refractivity contribution in [1.82, 2.24) is 0 Å². The third-order valence-electron chi connectivity index (χ3n) is 1.95. The summed E-state index contributed by atoms with van der Waals surface area (Å²) < 4.78 is 0. The summed E-state index contributed by atoms with van der Waals surface area (Å²) in [6.45, 7) is 5.29. The van der Waals surface area contributed by atoms with Crippen LogP contribution in [-0.2, 0) is 26.2 Å². The van der Waals surface area contributed by atoms with E-state index in [-0.39, 0.29) is 32.8 Å². The Morgan fingerprint density at radius 2 is 1.14 bits per heavy atom. The van der Waals surface area contributed by atoms with E-state index >= 15 is 0 Å². The molecule has 0 aliphatic heterocycles. The van der Waals surface area contributed by atoms with Crippen LogP contribution < -0.4 is 5.11 Å². The van der Waals surface area contributed by atoms with Gasteiger partial charge >= 0.3 is 26.2 Å². The molecule has 0 bridgehead atoms. The van der Waals surface area contributed by atoms with Gasteiger partial charge in [0, 0.05) is 0 Å². The van der Waals surface area contributed by atoms with E-state index in [1.807, 2.05) is 91.0 Å². The Bertz CT molecular complexity index is 383. The minimum absolute atomic E-state index is 0. The Kier molecular flexibility index (Phi) is 19.5. The van der Waals surface area contributed by atoms with Crippen LogP contribution in [0.1, 0.15) is 12.5 Å². The fraction of sp³-hybridized carbons (Fsp3) is 0.105. The van der Waals surface area contributed by atoms with Crippen LogP contribution in [0.3, 0.4) is 0 Å². The Hall–Kier alpha value is -1.37. The molecule has 1 nitrogen and oxygen atoms in total. The predicted molar refractivity (Wildman–Crippen MR) is 85.5 cm³/mol. The van der Waals surface area contributed by atoms with E-state index in [1.54, 1.807) is 6.92 Å². The van der Waals surface area contributed by atoms with E-state index in [2.05, 4.69) is 6.92 Å². The van der Waals surface area contributed by atoms with Crippen LogP contribution in [0.15, 0.2) is 91.0 Å². The largest absolute Gasteiger partial charge is 4.00 e. The first-order valence-electron chi connectivity index (χ1n) is 6.59. The molecule has 0 fully saturated rings. The molecule has 0 saturated heterocycles. The van der Waals surface area contributed by atoms with Gasteiger partial charge in [-0.25, -0.2) is 24.3 Å². The van der Waals surface area contributed by atoms with Gasteiger partial charge in [0.05, 0.1) is 0 Å². The molecule has 0 unspecified atom stereocenters. The van der Waals surface area contributed by atoms with E-state index in [1.165, 1.54) is 0 Å². The quantitative estimate of drug-likeness (QED) is 0.557. The summed E-state index contributed by atoms with van der Waals surface area (Å²) in [6.07, 6.45) is 0. The molecule has 108 valence electrons. The standard InChI is InChI=1S/C7H7.2C5H5.C2H5O.Zr/c1-7-5-3-2-4-6-7;2*1-2-4-5-3-1;1-2-3;/h2-6H,1H2;2*1-5H;2H2,1H3;/q4*-1;+4. The average molecular weight is 358 g/mol. The van der Waals surface area contributed by atoms with Gasteiger partial charge in [0.1, 0.15) is 0 Å². The van der Waals surface area contributed by atoms with Crippen molar-refractivity contribution in [2.24, 2.45) is 0 Å². The molecule has 0 aliphatic carbocycles. The van der Waals surface area contributed by atoms with Gasteiger partial charge in [-0.2, -0.15) is 61.0 Å². The molecule has 0 saturated carbocycles. The van der Waals surface area contributed by atoms with Crippen molar-refractivity contribution in [3.05, 3.63) is 103 Å². The first-order chi connectivity index (χ1) is 9.81. The summed E-state index contributed by atoms with van der Waals surface area (Å²) in [5.74, 6) is 0. The van der Waals surface area contributed by atoms with Crippen LogP contribution in [0.4, 0.5) is 0 Å². The number of hydrogen-bond donors (Lipinski definition) is 0. The van der Waals surface area contributed by atoms with Gasteiger partial charge in [-0.05, 0) is 0 Å². The van der Waals surface area contributed by atoms with Crippen molar-refractivity contribution in [3.63, 3.8) is 0 Å². The SMILES string of the molecule is CC[O-].[CH2-]c1ccccc1.[Zr+4].c1cc[cH-]c1.c1cc[cH-]c1. The maximum atomic E-state index is 8.93. The van der Waals surface area contributed by atoms with Gasteiger partial charge in [-0.1, -0.05) is 13.0 Å². The van der Waals surface area contributed by atoms with Gasteiger partial charge in [0.2, 0.25) is 0 Å². The first kappa shape index (κ1) is 21.9. The molecule has 0 spiro atoms. The Balaban J connectivity index is 0. The number of benzene rings is 1. The van der Waals surface area contributed by atoms with Crippen LogP contribution in [0.5, 0.6) is 0 Å². The smallest absolute Gasteiger partial charge is 0.855 e. The molecule has 0 aliphatic rings. The van der Waals surface area contributed by atoms with Crippen molar-refractivity contribution in [1.29, 1.82) is 0 Å². The van der Waals surface area contributed by atoms with Gasteiger partial charge in [0.25, 0.3) is 0 Å². The molecule has 0 radical (unpaired) electrons. The molecular weight excluding hydrogens is 335 g/mol. The van der Waals surface area contributed by atoms with Crippen LogP contribution in [0.2, 0.25) is 0 Å². The Labute approximate surface area is 148 Å². The maximum Gasteiger partial charge on any atom is 4.00 e. The van der Waals surface area contributed by atoms with Crippen LogP contribution in [0.25, 0.3) is 0 Å². The predicted octanol–water partition coefficient (Wildman–Crippen LogP) is 4.04. The zero-order valence-corrected chi connectivity index (χ0v) is 14.9. The van der Waals surface area contributed by atoms with E-state index in [0.29, 0.717) is 0 Å². The molecule has 3 aromatic rings. The van der Waals surface area contributed by atoms with Crippen LogP contribution in [0, 0.1) is 6.92 Å². The van der Waals surface area contributed by atoms with Gasteiger partial charge in [-0.3, -0.25) is 0 Å². The van der Waals surface area contributed by atoms with Gasteiger partial charge in [0.15, 0.2) is 0 Å². The van der Waals surface area contributed by atoms with Crippen LogP contribution >= 0.6 is 0 Å². The Morgan fingerprint density at radius 1 is 0.810 bits per heavy atom. The minimum atomic E-state index is 0. The average Bonchev–Trinajstić information content (AvgIpc) is 3.20. The number of rotatable bonds is 0. The molecule has 21 heavy (non-hydrogen) atoms. The molecule has 2 heteroatoms. The second-order valence-electron chi connectivity index (χ2n) is 3.70. The molecule has 0 N–H and O–H groups in total.